The predicted molar refractivity (Wildman–Crippen MR) is 90.6 cm³/mol. The second-order valence-corrected chi connectivity index (χ2v) is 7.78. The van der Waals surface area contributed by atoms with E-state index in [1.165, 1.54) is 28.4 Å². The lowest BCUT2D eigenvalue weighted by atomic mass is 9.71. The van der Waals surface area contributed by atoms with Gasteiger partial charge in [-0.15, -0.1) is 23.5 Å². The van der Waals surface area contributed by atoms with Gasteiger partial charge in [0.05, 0.1) is 5.41 Å². The van der Waals surface area contributed by atoms with Crippen LogP contribution in [0.1, 0.15) is 25.3 Å². The van der Waals surface area contributed by atoms with Crippen LogP contribution in [0, 0.1) is 0 Å². The molecule has 1 atom stereocenters. The van der Waals surface area contributed by atoms with Gasteiger partial charge in [-0.05, 0) is 30.9 Å². The number of thioether (sulfide) groups is 2. The molecule has 0 spiro atoms. The summed E-state index contributed by atoms with van der Waals surface area (Å²) in [6.45, 7) is 2.03. The predicted octanol–water partition coefficient (Wildman–Crippen LogP) is 3.15. The molecule has 1 aliphatic heterocycles. The van der Waals surface area contributed by atoms with E-state index in [0.29, 0.717) is 12.8 Å². The lowest BCUT2D eigenvalue weighted by molar-refractivity contribution is -0.152. The van der Waals surface area contributed by atoms with Crippen molar-refractivity contribution in [3.8, 4) is 0 Å². The highest BCUT2D eigenvalue weighted by atomic mass is 32.2. The maximum absolute atomic E-state index is 12.9. The number of carbonyl (C=O) groups is 2. The van der Waals surface area contributed by atoms with Gasteiger partial charge in [-0.25, -0.2) is 0 Å². The summed E-state index contributed by atoms with van der Waals surface area (Å²) in [5, 5.41) is 0. The molecule has 1 unspecified atom stereocenters. The highest BCUT2D eigenvalue weighted by Crippen LogP contribution is 2.51. The third kappa shape index (κ3) is 2.40. The van der Waals surface area contributed by atoms with Crippen molar-refractivity contribution in [2.45, 2.75) is 29.3 Å². The Labute approximate surface area is 134 Å². The van der Waals surface area contributed by atoms with E-state index < -0.39 is 9.49 Å². The number of likely N-dealkylation sites (N-methyl/N-ethyl adjacent to an activating group) is 1. The first-order chi connectivity index (χ1) is 9.97. The zero-order valence-electron chi connectivity index (χ0n) is 12.9. The van der Waals surface area contributed by atoms with Crippen LogP contribution < -0.4 is 0 Å². The summed E-state index contributed by atoms with van der Waals surface area (Å²) in [7, 11) is 1.61. The lowest BCUT2D eigenvalue weighted by Crippen LogP contribution is -2.61. The van der Waals surface area contributed by atoms with Crippen LogP contribution in [0.4, 0.5) is 0 Å². The molecule has 0 radical (unpaired) electrons. The number of hydrogen-bond acceptors (Lipinski definition) is 4. The summed E-state index contributed by atoms with van der Waals surface area (Å²) in [5.74, 6) is -0.174. The molecule has 5 heteroatoms. The van der Waals surface area contributed by atoms with E-state index in [2.05, 4.69) is 0 Å². The fraction of sp³-hybridized carbons (Fsp3) is 0.500. The van der Waals surface area contributed by atoms with Crippen LogP contribution in [0.2, 0.25) is 0 Å². The Morgan fingerprint density at radius 3 is 2.14 bits per heavy atom. The van der Waals surface area contributed by atoms with E-state index in [0.717, 1.165) is 5.56 Å². The van der Waals surface area contributed by atoms with Crippen molar-refractivity contribution < 1.29 is 9.59 Å². The highest BCUT2D eigenvalue weighted by molar-refractivity contribution is 8.18. The van der Waals surface area contributed by atoms with Gasteiger partial charge in [-0.1, -0.05) is 37.3 Å². The van der Waals surface area contributed by atoms with Gasteiger partial charge in [-0.2, -0.15) is 0 Å². The van der Waals surface area contributed by atoms with Gasteiger partial charge in [0, 0.05) is 7.05 Å². The zero-order chi connectivity index (χ0) is 15.7. The van der Waals surface area contributed by atoms with Crippen molar-refractivity contribution in [3.63, 3.8) is 0 Å². The molecule has 0 aliphatic carbocycles. The average Bonchev–Trinajstić information content (AvgIpc) is 2.55. The molecule has 1 aromatic carbocycles. The third-order valence-electron chi connectivity index (χ3n) is 4.47. The molecule has 1 aliphatic rings. The number of amides is 2. The number of rotatable bonds is 4. The minimum absolute atomic E-state index is 0.0834. The van der Waals surface area contributed by atoms with Crippen LogP contribution in [0.25, 0.3) is 0 Å². The second kappa shape index (κ2) is 6.05. The Bertz CT molecular complexity index is 542. The quantitative estimate of drug-likeness (QED) is 0.630. The van der Waals surface area contributed by atoms with Gasteiger partial charge < -0.3 is 0 Å². The van der Waals surface area contributed by atoms with Crippen molar-refractivity contribution in [2.24, 2.45) is 0 Å². The van der Waals surface area contributed by atoms with E-state index in [9.17, 15) is 9.59 Å². The Morgan fingerprint density at radius 1 is 1.10 bits per heavy atom. The fourth-order valence-electron chi connectivity index (χ4n) is 3.08. The monoisotopic (exact) mass is 323 g/mol. The van der Waals surface area contributed by atoms with Crippen molar-refractivity contribution in [1.29, 1.82) is 0 Å². The normalized spacial score (nSPS) is 25.2. The summed E-state index contributed by atoms with van der Waals surface area (Å²) in [6.07, 6.45) is 5.13. The summed E-state index contributed by atoms with van der Waals surface area (Å²) < 4.78 is -0.589. The van der Waals surface area contributed by atoms with E-state index in [-0.39, 0.29) is 11.8 Å². The first-order valence-corrected chi connectivity index (χ1v) is 9.41. The maximum atomic E-state index is 12.9. The third-order valence-corrected chi connectivity index (χ3v) is 7.43. The number of piperidine rings is 1. The van der Waals surface area contributed by atoms with Gasteiger partial charge in [0.1, 0.15) is 4.08 Å². The number of hydrogen-bond donors (Lipinski definition) is 0. The molecule has 1 heterocycles. The maximum Gasteiger partial charge on any atom is 0.255 e. The SMILES string of the molecule is CCC1(c2ccccc2)CC(SC)(SC)C(=O)N(C)C1=O. The number of likely N-dealkylation sites (tertiary alicyclic amines) is 1. The molecule has 114 valence electrons. The van der Waals surface area contributed by atoms with Gasteiger partial charge in [0.25, 0.3) is 5.91 Å². The number of imide groups is 1. The molecule has 0 bridgehead atoms. The Hall–Kier alpha value is -0.940. The van der Waals surface area contributed by atoms with E-state index in [1.54, 1.807) is 7.05 Å². The smallest absolute Gasteiger partial charge is 0.255 e. The topological polar surface area (TPSA) is 37.4 Å². The molecule has 3 nitrogen and oxygen atoms in total. The largest absolute Gasteiger partial charge is 0.283 e. The fourth-order valence-corrected chi connectivity index (χ4v) is 5.15. The molecular weight excluding hydrogens is 302 g/mol. The van der Waals surface area contributed by atoms with E-state index in [4.69, 9.17) is 0 Å². The van der Waals surface area contributed by atoms with Crippen molar-refractivity contribution in [3.05, 3.63) is 35.9 Å². The molecule has 1 aromatic rings. The minimum Gasteiger partial charge on any atom is -0.283 e. The molecule has 0 aromatic heterocycles. The van der Waals surface area contributed by atoms with Gasteiger partial charge in [0.2, 0.25) is 5.91 Å². The van der Waals surface area contributed by atoms with Crippen molar-refractivity contribution >= 4 is 35.3 Å². The summed E-state index contributed by atoms with van der Waals surface area (Å²) in [5.41, 5.74) is 0.389. The first-order valence-electron chi connectivity index (χ1n) is 6.96. The molecule has 0 N–H and O–H groups in total. The van der Waals surface area contributed by atoms with Gasteiger partial charge in [-0.3, -0.25) is 14.5 Å². The Balaban J connectivity index is 2.60. The van der Waals surface area contributed by atoms with Gasteiger partial charge in [0.15, 0.2) is 0 Å². The van der Waals surface area contributed by atoms with Crippen LogP contribution in [0.3, 0.4) is 0 Å². The summed E-state index contributed by atoms with van der Waals surface area (Å²) in [6, 6.07) is 9.85. The lowest BCUT2D eigenvalue weighted by Gasteiger charge is -2.47. The van der Waals surface area contributed by atoms with E-state index >= 15 is 0 Å². The highest BCUT2D eigenvalue weighted by Gasteiger charge is 2.57. The van der Waals surface area contributed by atoms with Crippen molar-refractivity contribution in [1.82, 2.24) is 4.90 Å². The van der Waals surface area contributed by atoms with Crippen LogP contribution in [0.5, 0.6) is 0 Å². The van der Waals surface area contributed by atoms with Crippen molar-refractivity contribution in [2.75, 3.05) is 19.6 Å². The Kier molecular flexibility index (Phi) is 4.73. The Morgan fingerprint density at radius 2 is 1.67 bits per heavy atom. The second-order valence-electron chi connectivity index (χ2n) is 5.31. The number of nitrogens with zero attached hydrogens (tertiary/aromatic N) is 1. The van der Waals surface area contributed by atoms with Crippen LogP contribution in [0.15, 0.2) is 30.3 Å². The average molecular weight is 323 g/mol. The minimum atomic E-state index is -0.615. The van der Waals surface area contributed by atoms with E-state index in [1.807, 2.05) is 49.8 Å². The van der Waals surface area contributed by atoms with Crippen LogP contribution in [-0.2, 0) is 15.0 Å². The molecule has 21 heavy (non-hydrogen) atoms. The number of benzene rings is 1. The molecule has 1 saturated heterocycles. The molecule has 2 amide bonds. The zero-order valence-corrected chi connectivity index (χ0v) is 14.5. The molecule has 2 rings (SSSR count). The van der Waals surface area contributed by atoms with Gasteiger partial charge >= 0.3 is 0 Å². The molecule has 0 saturated carbocycles. The molecule has 1 fully saturated rings. The van der Waals surface area contributed by atoms with Crippen LogP contribution >= 0.6 is 23.5 Å². The standard InChI is InChI=1S/C16H21NO2S2/c1-5-15(12-9-7-6-8-10-12)11-16(20-3,21-4)14(19)17(2)13(15)18/h6-10H,5,11H2,1-4H3. The number of carbonyl (C=O) groups excluding carboxylic acids is 2. The van der Waals surface area contributed by atoms with Crippen LogP contribution in [-0.4, -0.2) is 40.4 Å². The first kappa shape index (κ1) is 16.4. The summed E-state index contributed by atoms with van der Waals surface area (Å²) in [4.78, 5) is 26.8. The molecular formula is C16H21NO2S2. The summed E-state index contributed by atoms with van der Waals surface area (Å²) >= 11 is 3.08.